The van der Waals surface area contributed by atoms with Crippen LogP contribution in [0.5, 0.6) is 5.75 Å². The highest BCUT2D eigenvalue weighted by atomic mass is 16.3. The number of phenols is 1. The van der Waals surface area contributed by atoms with E-state index in [1.54, 1.807) is 0 Å². The summed E-state index contributed by atoms with van der Waals surface area (Å²) in [6, 6.07) is 23.5. The van der Waals surface area contributed by atoms with Crippen molar-refractivity contribution in [3.63, 3.8) is 0 Å². The molecule has 0 unspecified atom stereocenters. The van der Waals surface area contributed by atoms with E-state index in [1.807, 2.05) is 42.2 Å². The van der Waals surface area contributed by atoms with E-state index in [4.69, 9.17) is 15.0 Å². The third-order valence-electron chi connectivity index (χ3n) is 8.95. The Morgan fingerprint density at radius 2 is 1.35 bits per heavy atom. The van der Waals surface area contributed by atoms with Crippen LogP contribution in [0.3, 0.4) is 0 Å². The number of phenolic OH excluding ortho intramolecular Hbond substituents is 1. The summed E-state index contributed by atoms with van der Waals surface area (Å²) in [4.78, 5) is 14.7. The van der Waals surface area contributed by atoms with E-state index < -0.39 is 0 Å². The highest BCUT2D eigenvalue weighted by Crippen LogP contribution is 2.43. The van der Waals surface area contributed by atoms with Gasteiger partial charge in [-0.2, -0.15) is 0 Å². The molecule has 0 amide bonds. The summed E-state index contributed by atoms with van der Waals surface area (Å²) in [5.41, 5.74) is 14.1. The first-order valence-corrected chi connectivity index (χ1v) is 16.0. The van der Waals surface area contributed by atoms with Crippen LogP contribution in [0.25, 0.3) is 56.1 Å². The molecule has 1 N–H and O–H groups in total. The Balaban J connectivity index is 1.62. The molecule has 5 heteroatoms. The smallest absolute Gasteiger partial charge is 0.160 e. The van der Waals surface area contributed by atoms with Crippen molar-refractivity contribution >= 4 is 11.2 Å². The average molecular weight is 609 g/mol. The highest BCUT2D eigenvalue weighted by molar-refractivity contribution is 5.95. The molecular weight excluding hydrogens is 564 g/mol. The van der Waals surface area contributed by atoms with Gasteiger partial charge in [0.25, 0.3) is 0 Å². The summed E-state index contributed by atoms with van der Waals surface area (Å²) in [5.74, 6) is 0.959. The van der Waals surface area contributed by atoms with Crippen molar-refractivity contribution in [2.24, 2.45) is 7.05 Å². The number of aryl methyl sites for hydroxylation is 4. The van der Waals surface area contributed by atoms with Crippen LogP contribution in [-0.2, 0) is 17.9 Å². The Labute approximate surface area is 273 Å². The fourth-order valence-corrected chi connectivity index (χ4v) is 6.61. The number of hydrogen-bond donors (Lipinski definition) is 1. The van der Waals surface area contributed by atoms with Gasteiger partial charge in [0.2, 0.25) is 0 Å². The lowest BCUT2D eigenvalue weighted by Gasteiger charge is -2.27. The van der Waals surface area contributed by atoms with Crippen LogP contribution in [0.1, 0.15) is 69.4 Å². The number of imidazole rings is 1. The maximum Gasteiger partial charge on any atom is 0.160 e. The number of pyridine rings is 2. The second-order valence-electron chi connectivity index (χ2n) is 14.7. The van der Waals surface area contributed by atoms with Crippen molar-refractivity contribution in [1.29, 1.82) is 0 Å². The van der Waals surface area contributed by atoms with Crippen LogP contribution < -0.4 is 0 Å². The van der Waals surface area contributed by atoms with Crippen molar-refractivity contribution in [3.05, 3.63) is 107 Å². The first-order chi connectivity index (χ1) is 21.6. The molecule has 0 saturated heterocycles. The van der Waals surface area contributed by atoms with Crippen LogP contribution in [0, 0.1) is 20.8 Å². The summed E-state index contributed by atoms with van der Waals surface area (Å²) in [7, 11) is 1.98. The van der Waals surface area contributed by atoms with Crippen molar-refractivity contribution in [2.75, 3.05) is 0 Å². The molecule has 0 atom stereocenters. The molecule has 0 radical (unpaired) electrons. The summed E-state index contributed by atoms with van der Waals surface area (Å²) < 4.78 is 2.00. The summed E-state index contributed by atoms with van der Waals surface area (Å²) in [5, 5.41) is 11.7. The molecule has 0 bridgehead atoms. The van der Waals surface area contributed by atoms with Crippen LogP contribution in [0.15, 0.2) is 79.1 Å². The molecular formula is C41H44N4O. The zero-order chi connectivity index (χ0) is 33.1. The van der Waals surface area contributed by atoms with Gasteiger partial charge < -0.3 is 9.67 Å². The number of hydrogen-bond acceptors (Lipinski definition) is 4. The quantitative estimate of drug-likeness (QED) is 0.216. The van der Waals surface area contributed by atoms with Gasteiger partial charge in [-0.25, -0.2) is 9.97 Å². The van der Waals surface area contributed by atoms with E-state index in [1.165, 1.54) is 22.3 Å². The van der Waals surface area contributed by atoms with Crippen molar-refractivity contribution in [2.45, 2.75) is 73.1 Å². The first kappa shape index (κ1) is 31.2. The summed E-state index contributed by atoms with van der Waals surface area (Å²) in [6.45, 7) is 19.5. The van der Waals surface area contributed by atoms with Gasteiger partial charge >= 0.3 is 0 Å². The minimum Gasteiger partial charge on any atom is -0.507 e. The highest BCUT2D eigenvalue weighted by Gasteiger charge is 2.28. The summed E-state index contributed by atoms with van der Waals surface area (Å²) in [6.07, 6.45) is 3.69. The van der Waals surface area contributed by atoms with Gasteiger partial charge in [-0.05, 0) is 107 Å². The lowest BCUT2D eigenvalue weighted by Crippen LogP contribution is -2.17. The predicted molar refractivity (Wildman–Crippen MR) is 191 cm³/mol. The second-order valence-corrected chi connectivity index (χ2v) is 14.7. The zero-order valence-corrected chi connectivity index (χ0v) is 28.7. The topological polar surface area (TPSA) is 63.8 Å². The van der Waals surface area contributed by atoms with Crippen LogP contribution in [-0.4, -0.2) is 24.6 Å². The lowest BCUT2D eigenvalue weighted by atomic mass is 9.79. The van der Waals surface area contributed by atoms with E-state index in [-0.39, 0.29) is 16.6 Å². The standard InChI is InChI=1S/C41H44N4O/c1-24-17-25(2)35(26(3)18-24)29-20-27(19-28(21-29)34-13-11-12-15-42-34)31-14-16-43-39-36(31)44-38(45(39)10)32-22-30(40(4,5)6)23-33(37(32)46)41(7,8)9/h11-23,46H,1-10H3. The molecule has 3 aromatic carbocycles. The Hall–Kier alpha value is -4.77. The Kier molecular flexibility index (Phi) is 7.63. The third kappa shape index (κ3) is 5.60. The van der Waals surface area contributed by atoms with Gasteiger partial charge in [-0.15, -0.1) is 0 Å². The van der Waals surface area contributed by atoms with E-state index in [0.717, 1.165) is 55.8 Å². The van der Waals surface area contributed by atoms with Gasteiger partial charge in [0.05, 0.1) is 11.3 Å². The van der Waals surface area contributed by atoms with Crippen LogP contribution in [0.4, 0.5) is 0 Å². The molecule has 6 rings (SSSR count). The predicted octanol–water partition coefficient (Wildman–Crippen LogP) is 10.3. The molecule has 0 spiro atoms. The Morgan fingerprint density at radius 3 is 1.98 bits per heavy atom. The number of aromatic hydroxyl groups is 1. The number of nitrogens with zero attached hydrogens (tertiary/aromatic N) is 4. The van der Waals surface area contributed by atoms with Gasteiger partial charge in [-0.1, -0.05) is 71.4 Å². The molecule has 3 heterocycles. The fraction of sp³-hybridized carbons (Fsp3) is 0.293. The minimum absolute atomic E-state index is 0.106. The molecule has 0 saturated carbocycles. The van der Waals surface area contributed by atoms with Crippen LogP contribution in [0.2, 0.25) is 0 Å². The lowest BCUT2D eigenvalue weighted by molar-refractivity contribution is 0.446. The van der Waals surface area contributed by atoms with Crippen molar-refractivity contribution < 1.29 is 5.11 Å². The number of fused-ring (bicyclic) bond motifs is 1. The molecule has 0 aliphatic heterocycles. The SMILES string of the molecule is Cc1cc(C)c(-c2cc(-c3ccccn3)cc(-c3ccnc4c3nc(-c3cc(C(C)(C)C)cc(C(C)(C)C)c3O)n4C)c2)c(C)c1. The normalized spacial score (nSPS) is 12.2. The largest absolute Gasteiger partial charge is 0.507 e. The first-order valence-electron chi connectivity index (χ1n) is 16.0. The monoisotopic (exact) mass is 608 g/mol. The Bertz CT molecular complexity index is 2080. The molecule has 6 aromatic rings. The molecule has 5 nitrogen and oxygen atoms in total. The van der Waals surface area contributed by atoms with Gasteiger partial charge in [0.15, 0.2) is 5.65 Å². The van der Waals surface area contributed by atoms with E-state index in [0.29, 0.717) is 5.82 Å². The van der Waals surface area contributed by atoms with Gasteiger partial charge in [-0.3, -0.25) is 4.98 Å². The van der Waals surface area contributed by atoms with Crippen LogP contribution >= 0.6 is 0 Å². The van der Waals surface area contributed by atoms with E-state index >= 15 is 0 Å². The fourth-order valence-electron chi connectivity index (χ4n) is 6.61. The van der Waals surface area contributed by atoms with Gasteiger partial charge in [0, 0.05) is 36.1 Å². The van der Waals surface area contributed by atoms with E-state index in [9.17, 15) is 5.11 Å². The number of aromatic nitrogens is 4. The minimum atomic E-state index is -0.247. The van der Waals surface area contributed by atoms with Gasteiger partial charge in [0.1, 0.15) is 17.1 Å². The maximum atomic E-state index is 11.7. The molecule has 0 aliphatic rings. The third-order valence-corrected chi connectivity index (χ3v) is 8.95. The molecule has 3 aromatic heterocycles. The molecule has 234 valence electrons. The summed E-state index contributed by atoms with van der Waals surface area (Å²) >= 11 is 0. The zero-order valence-electron chi connectivity index (χ0n) is 28.7. The van der Waals surface area contributed by atoms with Crippen molar-refractivity contribution in [3.8, 4) is 50.6 Å². The number of rotatable bonds is 4. The Morgan fingerprint density at radius 1 is 0.674 bits per heavy atom. The average Bonchev–Trinajstić information content (AvgIpc) is 3.32. The molecule has 0 fully saturated rings. The molecule has 0 aliphatic carbocycles. The van der Waals surface area contributed by atoms with E-state index in [2.05, 4.69) is 111 Å². The second kappa shape index (κ2) is 11.2. The number of benzene rings is 3. The molecule has 46 heavy (non-hydrogen) atoms. The van der Waals surface area contributed by atoms with Crippen molar-refractivity contribution in [1.82, 2.24) is 19.5 Å². The maximum absolute atomic E-state index is 11.7.